The molecule has 1 N–H and O–H groups in total. The summed E-state index contributed by atoms with van der Waals surface area (Å²) in [6.45, 7) is 3.71. The molecule has 0 fully saturated rings. The van der Waals surface area contributed by atoms with E-state index in [0.29, 0.717) is 5.69 Å². The van der Waals surface area contributed by atoms with Crippen molar-refractivity contribution >= 4 is 34.6 Å². The van der Waals surface area contributed by atoms with Crippen LogP contribution in [0.25, 0.3) is 10.6 Å². The molecular formula is C21H22N2O3S2. The van der Waals surface area contributed by atoms with Crippen LogP contribution < -0.4 is 5.32 Å². The Bertz CT molecular complexity index is 918. The third kappa shape index (κ3) is 5.50. The highest BCUT2D eigenvalue weighted by molar-refractivity contribution is 7.14. The van der Waals surface area contributed by atoms with Gasteiger partial charge in [0, 0.05) is 16.3 Å². The first-order valence-electron chi connectivity index (χ1n) is 9.06. The summed E-state index contributed by atoms with van der Waals surface area (Å²) in [6, 6.07) is 9.95. The van der Waals surface area contributed by atoms with Gasteiger partial charge in [-0.25, -0.2) is 4.98 Å². The number of carbonyl (C=O) groups is 2. The van der Waals surface area contributed by atoms with Crippen molar-refractivity contribution in [2.24, 2.45) is 0 Å². The highest BCUT2D eigenvalue weighted by atomic mass is 32.1. The first-order valence-corrected chi connectivity index (χ1v) is 10.9. The zero-order chi connectivity index (χ0) is 19.9. The standard InChI is InChI=1S/C21H22N2O3S2/c1-3-15-4-6-16(7-5-15)14(2)22-19(24)11-26-20(25)10-18-13-28-21(23-18)17-8-9-27-12-17/h4-9,12-14H,3,10-11H2,1-2H3,(H,22,24)/t14-/m1/s1. The number of ether oxygens (including phenoxy) is 1. The van der Waals surface area contributed by atoms with Crippen molar-refractivity contribution in [1.29, 1.82) is 0 Å². The summed E-state index contributed by atoms with van der Waals surface area (Å²) >= 11 is 3.10. The second kappa shape index (κ2) is 9.61. The fourth-order valence-corrected chi connectivity index (χ4v) is 4.19. The number of rotatable bonds is 8. The molecule has 0 spiro atoms. The molecule has 0 aliphatic rings. The Morgan fingerprint density at radius 2 is 1.96 bits per heavy atom. The summed E-state index contributed by atoms with van der Waals surface area (Å²) < 4.78 is 5.10. The second-order valence-corrected chi connectivity index (χ2v) is 8.02. The van der Waals surface area contributed by atoms with Crippen molar-refractivity contribution < 1.29 is 14.3 Å². The molecule has 1 atom stereocenters. The van der Waals surface area contributed by atoms with E-state index in [2.05, 4.69) is 29.4 Å². The molecule has 2 aromatic heterocycles. The van der Waals surface area contributed by atoms with Crippen molar-refractivity contribution in [2.45, 2.75) is 32.7 Å². The smallest absolute Gasteiger partial charge is 0.312 e. The SMILES string of the molecule is CCc1ccc([C@@H](C)NC(=O)COC(=O)Cc2csc(-c3ccsc3)n2)cc1. The quantitative estimate of drug-likeness (QED) is 0.555. The van der Waals surface area contributed by atoms with E-state index in [1.165, 1.54) is 16.9 Å². The summed E-state index contributed by atoms with van der Waals surface area (Å²) in [5.41, 5.74) is 3.97. The minimum Gasteiger partial charge on any atom is -0.455 e. The van der Waals surface area contributed by atoms with E-state index in [1.807, 2.05) is 41.3 Å². The van der Waals surface area contributed by atoms with Crippen molar-refractivity contribution in [2.75, 3.05) is 6.61 Å². The predicted molar refractivity (Wildman–Crippen MR) is 112 cm³/mol. The fraction of sp³-hybridized carbons (Fsp3) is 0.286. The number of thiophene rings is 1. The van der Waals surface area contributed by atoms with Gasteiger partial charge in [-0.3, -0.25) is 9.59 Å². The number of nitrogens with one attached hydrogen (secondary N) is 1. The number of aryl methyl sites for hydroxylation is 1. The van der Waals surface area contributed by atoms with Crippen LogP contribution in [0, 0.1) is 0 Å². The average molecular weight is 415 g/mol. The lowest BCUT2D eigenvalue weighted by molar-refractivity contribution is -0.148. The van der Waals surface area contributed by atoms with Crippen molar-refractivity contribution in [1.82, 2.24) is 10.3 Å². The van der Waals surface area contributed by atoms with Gasteiger partial charge in [-0.15, -0.1) is 11.3 Å². The molecule has 1 aromatic carbocycles. The van der Waals surface area contributed by atoms with Crippen LogP contribution >= 0.6 is 22.7 Å². The maximum Gasteiger partial charge on any atom is 0.312 e. The molecule has 0 unspecified atom stereocenters. The highest BCUT2D eigenvalue weighted by Gasteiger charge is 2.14. The van der Waals surface area contributed by atoms with Gasteiger partial charge in [-0.1, -0.05) is 31.2 Å². The largest absolute Gasteiger partial charge is 0.455 e. The summed E-state index contributed by atoms with van der Waals surface area (Å²) in [5, 5.41) is 9.57. The lowest BCUT2D eigenvalue weighted by atomic mass is 10.1. The van der Waals surface area contributed by atoms with E-state index in [1.54, 1.807) is 11.3 Å². The van der Waals surface area contributed by atoms with Crippen LogP contribution in [0.4, 0.5) is 0 Å². The number of aromatic nitrogens is 1. The molecule has 28 heavy (non-hydrogen) atoms. The molecule has 0 saturated heterocycles. The highest BCUT2D eigenvalue weighted by Crippen LogP contribution is 2.25. The molecule has 7 heteroatoms. The van der Waals surface area contributed by atoms with E-state index in [-0.39, 0.29) is 25.0 Å². The minimum atomic E-state index is -0.461. The molecule has 2 heterocycles. The van der Waals surface area contributed by atoms with E-state index in [4.69, 9.17) is 4.74 Å². The molecule has 5 nitrogen and oxygen atoms in total. The van der Waals surface area contributed by atoms with Gasteiger partial charge in [-0.2, -0.15) is 11.3 Å². The van der Waals surface area contributed by atoms with E-state index in [9.17, 15) is 9.59 Å². The molecule has 3 rings (SSSR count). The average Bonchev–Trinajstić information content (AvgIpc) is 3.38. The van der Waals surface area contributed by atoms with Crippen LogP contribution in [0.2, 0.25) is 0 Å². The molecule has 146 valence electrons. The van der Waals surface area contributed by atoms with Crippen molar-refractivity contribution in [3.05, 3.63) is 63.3 Å². The first-order chi connectivity index (χ1) is 13.5. The van der Waals surface area contributed by atoms with Gasteiger partial charge in [0.2, 0.25) is 0 Å². The number of hydrogen-bond donors (Lipinski definition) is 1. The third-order valence-electron chi connectivity index (χ3n) is 4.28. The van der Waals surface area contributed by atoms with Crippen LogP contribution in [0.1, 0.15) is 36.7 Å². The monoisotopic (exact) mass is 414 g/mol. The minimum absolute atomic E-state index is 0.0575. The number of benzene rings is 1. The zero-order valence-electron chi connectivity index (χ0n) is 15.8. The molecule has 1 amide bonds. The normalized spacial score (nSPS) is 11.8. The predicted octanol–water partition coefficient (Wildman–Crippen LogP) is 4.40. The number of amides is 1. The number of hydrogen-bond acceptors (Lipinski definition) is 6. The number of nitrogens with zero attached hydrogens (tertiary/aromatic N) is 1. The van der Waals surface area contributed by atoms with Crippen molar-refractivity contribution in [3.63, 3.8) is 0 Å². The molecule has 0 bridgehead atoms. The third-order valence-corrected chi connectivity index (χ3v) is 5.90. The van der Waals surface area contributed by atoms with Crippen molar-refractivity contribution in [3.8, 4) is 10.6 Å². The Labute approximate surface area is 172 Å². The Morgan fingerprint density at radius 3 is 2.64 bits per heavy atom. The van der Waals surface area contributed by atoms with Crippen LogP contribution in [0.5, 0.6) is 0 Å². The Hall–Kier alpha value is -2.51. The van der Waals surface area contributed by atoms with Gasteiger partial charge in [0.25, 0.3) is 5.91 Å². The van der Waals surface area contributed by atoms with Crippen LogP contribution in [0.15, 0.2) is 46.5 Å². The van der Waals surface area contributed by atoms with Crippen LogP contribution in [-0.2, 0) is 27.2 Å². The summed E-state index contributed by atoms with van der Waals surface area (Å²) in [4.78, 5) is 28.5. The van der Waals surface area contributed by atoms with Gasteiger partial charge in [-0.05, 0) is 35.9 Å². The van der Waals surface area contributed by atoms with Crippen LogP contribution in [0.3, 0.4) is 0 Å². The number of carbonyl (C=O) groups excluding carboxylic acids is 2. The molecule has 0 aliphatic carbocycles. The first kappa shape index (κ1) is 20.2. The Morgan fingerprint density at radius 1 is 1.18 bits per heavy atom. The maximum absolute atomic E-state index is 12.1. The van der Waals surface area contributed by atoms with Gasteiger partial charge < -0.3 is 10.1 Å². The Balaban J connectivity index is 1.44. The molecule has 0 saturated carbocycles. The summed E-state index contributed by atoms with van der Waals surface area (Å²) in [5.74, 6) is -0.782. The molecule has 0 aliphatic heterocycles. The van der Waals surface area contributed by atoms with Gasteiger partial charge >= 0.3 is 5.97 Å². The van der Waals surface area contributed by atoms with Gasteiger partial charge in [0.1, 0.15) is 5.01 Å². The number of esters is 1. The second-order valence-electron chi connectivity index (χ2n) is 6.38. The van der Waals surface area contributed by atoms with E-state index in [0.717, 1.165) is 22.6 Å². The lowest BCUT2D eigenvalue weighted by Gasteiger charge is -2.14. The molecular weight excluding hydrogens is 392 g/mol. The zero-order valence-corrected chi connectivity index (χ0v) is 17.4. The van der Waals surface area contributed by atoms with E-state index >= 15 is 0 Å². The van der Waals surface area contributed by atoms with Crippen LogP contribution in [-0.4, -0.2) is 23.5 Å². The Kier molecular flexibility index (Phi) is 6.95. The van der Waals surface area contributed by atoms with Gasteiger partial charge in [0.15, 0.2) is 6.61 Å². The summed E-state index contributed by atoms with van der Waals surface area (Å²) in [7, 11) is 0. The van der Waals surface area contributed by atoms with E-state index < -0.39 is 5.97 Å². The maximum atomic E-state index is 12.1. The topological polar surface area (TPSA) is 68.3 Å². The molecule has 0 radical (unpaired) electrons. The number of thiazole rings is 1. The van der Waals surface area contributed by atoms with Gasteiger partial charge in [0.05, 0.1) is 18.2 Å². The fourth-order valence-electron chi connectivity index (χ4n) is 2.66. The summed E-state index contributed by atoms with van der Waals surface area (Å²) in [6.07, 6.45) is 1.03. The molecule has 3 aromatic rings. The lowest BCUT2D eigenvalue weighted by Crippen LogP contribution is -2.31.